The molecule has 0 unspecified atom stereocenters. The van der Waals surface area contributed by atoms with Gasteiger partial charge in [-0.15, -0.1) is 11.3 Å². The summed E-state index contributed by atoms with van der Waals surface area (Å²) in [6, 6.07) is 4.79. The number of carbonyl (C=O) groups is 1. The van der Waals surface area contributed by atoms with E-state index < -0.39 is 0 Å². The summed E-state index contributed by atoms with van der Waals surface area (Å²) in [5.41, 5.74) is 1.33. The number of aryl methyl sites for hydroxylation is 1. The fourth-order valence-corrected chi connectivity index (χ4v) is 2.51. The summed E-state index contributed by atoms with van der Waals surface area (Å²) < 4.78 is 0.571. The Balaban J connectivity index is 2.12. The third kappa shape index (κ3) is 3.33. The Morgan fingerprint density at radius 3 is 2.84 bits per heavy atom. The Hall–Kier alpha value is -1.40. The maximum absolute atomic E-state index is 12.2. The molecule has 0 saturated carbocycles. The van der Waals surface area contributed by atoms with Crippen LogP contribution >= 0.6 is 27.3 Å². The van der Waals surface area contributed by atoms with E-state index in [2.05, 4.69) is 20.9 Å². The number of benzene rings is 1. The van der Waals surface area contributed by atoms with Gasteiger partial charge in [-0.05, 0) is 41.1 Å². The zero-order valence-electron chi connectivity index (χ0n) is 10.6. The first-order valence-corrected chi connectivity index (χ1v) is 7.29. The summed E-state index contributed by atoms with van der Waals surface area (Å²) in [5, 5.41) is 12.5. The summed E-state index contributed by atoms with van der Waals surface area (Å²) in [5.74, 6) is -0.0859. The minimum absolute atomic E-state index is 0.0590. The normalized spacial score (nSPS) is 10.5. The molecule has 0 spiro atoms. The zero-order chi connectivity index (χ0) is 14.0. The number of halogens is 1. The smallest absolute Gasteiger partial charge is 0.254 e. The number of phenolic OH excluding ortho intramolecular Hbond substituents is 1. The Kier molecular flexibility index (Phi) is 4.21. The number of rotatable bonds is 3. The predicted octanol–water partition coefficient (Wildman–Crippen LogP) is 3.19. The number of hydrogen-bond acceptors (Lipinski definition) is 4. The number of aromatic nitrogens is 1. The van der Waals surface area contributed by atoms with Gasteiger partial charge < -0.3 is 10.0 Å². The highest BCUT2D eigenvalue weighted by molar-refractivity contribution is 9.10. The lowest BCUT2D eigenvalue weighted by atomic mass is 10.2. The van der Waals surface area contributed by atoms with E-state index in [1.54, 1.807) is 35.4 Å². The van der Waals surface area contributed by atoms with Crippen LogP contribution in [0.1, 0.15) is 21.1 Å². The molecule has 1 heterocycles. The van der Waals surface area contributed by atoms with E-state index in [0.717, 1.165) is 10.7 Å². The SMILES string of the molecule is Cc1nc(CN(C)C(=O)c2ccc(Br)c(O)c2)cs1. The molecule has 0 fully saturated rings. The highest BCUT2D eigenvalue weighted by Gasteiger charge is 2.14. The number of carbonyl (C=O) groups excluding carboxylic acids is 1. The second-order valence-electron chi connectivity index (χ2n) is 4.19. The quantitative estimate of drug-likeness (QED) is 0.933. The van der Waals surface area contributed by atoms with Crippen molar-refractivity contribution >= 4 is 33.2 Å². The Morgan fingerprint density at radius 1 is 1.53 bits per heavy atom. The Morgan fingerprint density at radius 2 is 2.26 bits per heavy atom. The van der Waals surface area contributed by atoms with Crippen LogP contribution in [0.4, 0.5) is 0 Å². The summed E-state index contributed by atoms with van der Waals surface area (Å²) in [7, 11) is 1.72. The van der Waals surface area contributed by atoms with Crippen molar-refractivity contribution in [2.45, 2.75) is 13.5 Å². The van der Waals surface area contributed by atoms with Crippen molar-refractivity contribution in [3.63, 3.8) is 0 Å². The number of hydrogen-bond donors (Lipinski definition) is 1. The van der Waals surface area contributed by atoms with Gasteiger partial charge in [-0.3, -0.25) is 4.79 Å². The first-order chi connectivity index (χ1) is 8.97. The van der Waals surface area contributed by atoms with Crippen LogP contribution in [0.3, 0.4) is 0 Å². The second kappa shape index (κ2) is 5.71. The molecule has 0 atom stereocenters. The molecule has 1 N–H and O–H groups in total. The second-order valence-corrected chi connectivity index (χ2v) is 6.10. The average Bonchev–Trinajstić information content (AvgIpc) is 2.77. The number of nitrogens with zero attached hydrogens (tertiary/aromatic N) is 2. The third-order valence-corrected chi connectivity index (χ3v) is 4.10. The minimum Gasteiger partial charge on any atom is -0.507 e. The number of amides is 1. The Labute approximate surface area is 123 Å². The van der Waals surface area contributed by atoms with Crippen LogP contribution in [-0.4, -0.2) is 27.9 Å². The highest BCUT2D eigenvalue weighted by Crippen LogP contribution is 2.25. The first kappa shape index (κ1) is 14.0. The number of phenols is 1. The average molecular weight is 341 g/mol. The van der Waals surface area contributed by atoms with E-state index in [1.807, 2.05) is 12.3 Å². The largest absolute Gasteiger partial charge is 0.507 e. The summed E-state index contributed by atoms with van der Waals surface area (Å²) >= 11 is 4.75. The van der Waals surface area contributed by atoms with Gasteiger partial charge in [-0.1, -0.05) is 0 Å². The molecule has 2 rings (SSSR count). The molecule has 4 nitrogen and oxygen atoms in total. The third-order valence-electron chi connectivity index (χ3n) is 2.61. The van der Waals surface area contributed by atoms with Gasteiger partial charge in [0.2, 0.25) is 0 Å². The molecule has 19 heavy (non-hydrogen) atoms. The summed E-state index contributed by atoms with van der Waals surface area (Å²) in [6.45, 7) is 2.39. The fourth-order valence-electron chi connectivity index (χ4n) is 1.66. The topological polar surface area (TPSA) is 53.4 Å². The van der Waals surface area contributed by atoms with Gasteiger partial charge in [-0.25, -0.2) is 4.98 Å². The lowest BCUT2D eigenvalue weighted by molar-refractivity contribution is 0.0783. The molecule has 1 aromatic carbocycles. The van der Waals surface area contributed by atoms with Crippen LogP contribution in [0.2, 0.25) is 0 Å². The van der Waals surface area contributed by atoms with Gasteiger partial charge in [0.05, 0.1) is 21.7 Å². The van der Waals surface area contributed by atoms with Crippen molar-refractivity contribution in [2.75, 3.05) is 7.05 Å². The van der Waals surface area contributed by atoms with E-state index in [1.165, 1.54) is 6.07 Å². The predicted molar refractivity (Wildman–Crippen MR) is 78.5 cm³/mol. The summed E-state index contributed by atoms with van der Waals surface area (Å²) in [6.07, 6.45) is 0. The molecule has 0 saturated heterocycles. The molecule has 0 radical (unpaired) electrons. The molecular formula is C13H13BrN2O2S. The highest BCUT2D eigenvalue weighted by atomic mass is 79.9. The standard InChI is InChI=1S/C13H13BrN2O2S/c1-8-15-10(7-19-8)6-16(2)13(18)9-3-4-11(14)12(17)5-9/h3-5,7,17H,6H2,1-2H3. The van der Waals surface area contributed by atoms with Crippen molar-refractivity contribution in [2.24, 2.45) is 0 Å². The van der Waals surface area contributed by atoms with Gasteiger partial charge in [0.15, 0.2) is 0 Å². The maximum Gasteiger partial charge on any atom is 0.254 e. The van der Waals surface area contributed by atoms with Gasteiger partial charge in [-0.2, -0.15) is 0 Å². The molecule has 1 amide bonds. The van der Waals surface area contributed by atoms with E-state index in [4.69, 9.17) is 0 Å². The molecule has 1 aromatic heterocycles. The maximum atomic E-state index is 12.2. The van der Waals surface area contributed by atoms with Crippen molar-refractivity contribution in [1.29, 1.82) is 0 Å². The van der Waals surface area contributed by atoms with Crippen molar-refractivity contribution < 1.29 is 9.90 Å². The van der Waals surface area contributed by atoms with Crippen molar-refractivity contribution in [3.8, 4) is 5.75 Å². The fraction of sp³-hybridized carbons (Fsp3) is 0.231. The first-order valence-electron chi connectivity index (χ1n) is 5.62. The number of thiazole rings is 1. The molecular weight excluding hydrogens is 328 g/mol. The monoisotopic (exact) mass is 340 g/mol. The van der Waals surface area contributed by atoms with Crippen LogP contribution in [0.15, 0.2) is 28.1 Å². The van der Waals surface area contributed by atoms with Gasteiger partial charge in [0, 0.05) is 18.0 Å². The lowest BCUT2D eigenvalue weighted by Crippen LogP contribution is -2.26. The van der Waals surface area contributed by atoms with Crippen LogP contribution in [-0.2, 0) is 6.54 Å². The van der Waals surface area contributed by atoms with E-state index in [0.29, 0.717) is 16.6 Å². The lowest BCUT2D eigenvalue weighted by Gasteiger charge is -2.16. The zero-order valence-corrected chi connectivity index (χ0v) is 13.0. The van der Waals surface area contributed by atoms with Crippen LogP contribution in [0, 0.1) is 6.92 Å². The van der Waals surface area contributed by atoms with Crippen LogP contribution in [0.25, 0.3) is 0 Å². The van der Waals surface area contributed by atoms with E-state index >= 15 is 0 Å². The van der Waals surface area contributed by atoms with Crippen molar-refractivity contribution in [1.82, 2.24) is 9.88 Å². The number of aromatic hydroxyl groups is 1. The summed E-state index contributed by atoms with van der Waals surface area (Å²) in [4.78, 5) is 18.1. The molecule has 0 aliphatic carbocycles. The molecule has 2 aromatic rings. The van der Waals surface area contributed by atoms with Crippen molar-refractivity contribution in [3.05, 3.63) is 44.3 Å². The van der Waals surface area contributed by atoms with Gasteiger partial charge in [0.25, 0.3) is 5.91 Å². The van der Waals surface area contributed by atoms with E-state index in [9.17, 15) is 9.90 Å². The molecule has 0 aliphatic heterocycles. The van der Waals surface area contributed by atoms with Crippen LogP contribution in [0.5, 0.6) is 5.75 Å². The van der Waals surface area contributed by atoms with Gasteiger partial charge >= 0.3 is 0 Å². The molecule has 0 aliphatic rings. The molecule has 100 valence electrons. The van der Waals surface area contributed by atoms with Gasteiger partial charge in [0.1, 0.15) is 5.75 Å². The Bertz CT molecular complexity index is 612. The molecule has 6 heteroatoms. The molecule has 0 bridgehead atoms. The van der Waals surface area contributed by atoms with Crippen LogP contribution < -0.4 is 0 Å². The van der Waals surface area contributed by atoms with E-state index in [-0.39, 0.29) is 11.7 Å². The minimum atomic E-state index is -0.145.